The van der Waals surface area contributed by atoms with Crippen LogP contribution in [0, 0.1) is 0 Å². The summed E-state index contributed by atoms with van der Waals surface area (Å²) in [5, 5.41) is 11.6. The van der Waals surface area contributed by atoms with E-state index in [4.69, 9.17) is 27.9 Å². The number of benzene rings is 2. The standard InChI is InChI=1S/C26H24Cl2N4O/c1-32(17-18-7-4-3-5-8-18)12-6-9-20-22-14-30-31-25(19(22)10-11-26(20)33-2)13-21-23(27)15-29-16-24(21)28/h3-11,14-16H,12-13,17H2,1-2H3. The molecule has 0 bridgehead atoms. The van der Waals surface area contributed by atoms with E-state index in [0.29, 0.717) is 16.5 Å². The lowest BCUT2D eigenvalue weighted by Gasteiger charge is -2.15. The van der Waals surface area contributed by atoms with Crippen LogP contribution < -0.4 is 4.74 Å². The monoisotopic (exact) mass is 478 g/mol. The van der Waals surface area contributed by atoms with Crippen LogP contribution in [-0.2, 0) is 13.0 Å². The van der Waals surface area contributed by atoms with Gasteiger partial charge in [0.25, 0.3) is 0 Å². The van der Waals surface area contributed by atoms with Crippen LogP contribution in [0.25, 0.3) is 16.8 Å². The first-order chi connectivity index (χ1) is 16.1. The molecule has 4 rings (SSSR count). The lowest BCUT2D eigenvalue weighted by Crippen LogP contribution is -2.17. The van der Waals surface area contributed by atoms with Crippen LogP contribution in [0.15, 0.2) is 67.1 Å². The maximum absolute atomic E-state index is 6.33. The minimum Gasteiger partial charge on any atom is -0.496 e. The topological polar surface area (TPSA) is 51.1 Å². The molecule has 0 spiro atoms. The summed E-state index contributed by atoms with van der Waals surface area (Å²) in [6.07, 6.45) is 9.62. The van der Waals surface area contributed by atoms with Crippen molar-refractivity contribution >= 4 is 40.1 Å². The summed E-state index contributed by atoms with van der Waals surface area (Å²) < 4.78 is 5.64. The van der Waals surface area contributed by atoms with Crippen molar-refractivity contribution in [2.45, 2.75) is 13.0 Å². The molecular formula is C26H24Cl2N4O. The molecule has 2 aromatic heterocycles. The third-order valence-electron chi connectivity index (χ3n) is 5.44. The summed E-state index contributed by atoms with van der Waals surface area (Å²) in [4.78, 5) is 6.28. The van der Waals surface area contributed by atoms with Gasteiger partial charge in [0.05, 0.1) is 29.0 Å². The van der Waals surface area contributed by atoms with Crippen LogP contribution in [0.1, 0.15) is 22.4 Å². The van der Waals surface area contributed by atoms with Gasteiger partial charge in [-0.25, -0.2) is 0 Å². The van der Waals surface area contributed by atoms with E-state index in [1.807, 2.05) is 18.2 Å². The normalized spacial score (nSPS) is 11.5. The SMILES string of the molecule is COc1ccc2c(Cc3c(Cl)cncc3Cl)nncc2c1C=CCN(C)Cc1ccccc1. The molecule has 0 N–H and O–H groups in total. The van der Waals surface area contributed by atoms with Crippen molar-refractivity contribution in [1.29, 1.82) is 0 Å². The molecule has 2 aromatic carbocycles. The summed E-state index contributed by atoms with van der Waals surface area (Å²) in [5.41, 5.74) is 3.82. The lowest BCUT2D eigenvalue weighted by atomic mass is 10.0. The fourth-order valence-electron chi connectivity index (χ4n) is 3.78. The van der Waals surface area contributed by atoms with Crippen LogP contribution in [0.4, 0.5) is 0 Å². The highest BCUT2D eigenvalue weighted by atomic mass is 35.5. The smallest absolute Gasteiger partial charge is 0.126 e. The molecule has 0 saturated heterocycles. The Bertz CT molecular complexity index is 1260. The second-order valence-electron chi connectivity index (χ2n) is 7.78. The average molecular weight is 479 g/mol. The van der Waals surface area contributed by atoms with Gasteiger partial charge in [0.1, 0.15) is 5.75 Å². The molecule has 0 aliphatic carbocycles. The Kier molecular flexibility index (Phi) is 7.55. The minimum atomic E-state index is 0.458. The van der Waals surface area contributed by atoms with Gasteiger partial charge >= 0.3 is 0 Å². The largest absolute Gasteiger partial charge is 0.496 e. The van der Waals surface area contributed by atoms with E-state index in [0.717, 1.165) is 46.4 Å². The molecule has 0 fully saturated rings. The van der Waals surface area contributed by atoms with E-state index in [-0.39, 0.29) is 0 Å². The summed E-state index contributed by atoms with van der Waals surface area (Å²) in [6.45, 7) is 1.67. The zero-order valence-corrected chi connectivity index (χ0v) is 20.0. The van der Waals surface area contributed by atoms with Gasteiger partial charge in [-0.2, -0.15) is 10.2 Å². The first kappa shape index (κ1) is 23.2. The summed E-state index contributed by atoms with van der Waals surface area (Å²) >= 11 is 12.7. The summed E-state index contributed by atoms with van der Waals surface area (Å²) in [7, 11) is 3.77. The van der Waals surface area contributed by atoms with Gasteiger partial charge in [0.2, 0.25) is 0 Å². The number of methoxy groups -OCH3 is 1. The van der Waals surface area contributed by atoms with E-state index in [1.54, 1.807) is 25.7 Å². The highest BCUT2D eigenvalue weighted by molar-refractivity contribution is 6.35. The molecule has 0 amide bonds. The predicted molar refractivity (Wildman–Crippen MR) is 135 cm³/mol. The number of pyridine rings is 1. The number of ether oxygens (including phenoxy) is 1. The van der Waals surface area contributed by atoms with Crippen molar-refractivity contribution < 1.29 is 4.74 Å². The second kappa shape index (κ2) is 10.8. The Balaban J connectivity index is 1.62. The molecule has 0 aliphatic heterocycles. The van der Waals surface area contributed by atoms with Crippen LogP contribution in [0.2, 0.25) is 10.0 Å². The van der Waals surface area contributed by atoms with Crippen molar-refractivity contribution in [2.24, 2.45) is 0 Å². The minimum absolute atomic E-state index is 0.458. The quantitative estimate of drug-likeness (QED) is 0.307. The van der Waals surface area contributed by atoms with Gasteiger partial charge in [-0.05, 0) is 30.3 Å². The third kappa shape index (κ3) is 5.50. The van der Waals surface area contributed by atoms with Crippen molar-refractivity contribution in [1.82, 2.24) is 20.1 Å². The van der Waals surface area contributed by atoms with Gasteiger partial charge < -0.3 is 4.74 Å². The van der Waals surface area contributed by atoms with Gasteiger partial charge in [0, 0.05) is 48.2 Å². The first-order valence-electron chi connectivity index (χ1n) is 10.5. The van der Waals surface area contributed by atoms with E-state index < -0.39 is 0 Å². The van der Waals surface area contributed by atoms with Gasteiger partial charge in [-0.3, -0.25) is 9.88 Å². The van der Waals surface area contributed by atoms with Gasteiger partial charge in [0.15, 0.2) is 0 Å². The van der Waals surface area contributed by atoms with Gasteiger partial charge in [-0.15, -0.1) is 0 Å². The Morgan fingerprint density at radius 2 is 1.73 bits per heavy atom. The fraction of sp³-hybridized carbons (Fsp3) is 0.192. The number of hydrogen-bond donors (Lipinski definition) is 0. The molecule has 5 nitrogen and oxygen atoms in total. The molecule has 0 saturated carbocycles. The average Bonchev–Trinajstić information content (AvgIpc) is 2.82. The van der Waals surface area contributed by atoms with Gasteiger partial charge in [-0.1, -0.05) is 65.7 Å². The summed E-state index contributed by atoms with van der Waals surface area (Å²) in [5.74, 6) is 0.781. The number of likely N-dealkylation sites (N-methyl/N-ethyl adjacent to an activating group) is 1. The molecule has 0 aliphatic rings. The molecule has 2 heterocycles. The molecule has 0 unspecified atom stereocenters. The predicted octanol–water partition coefficient (Wildman–Crippen LogP) is 6.08. The van der Waals surface area contributed by atoms with E-state index in [9.17, 15) is 0 Å². The van der Waals surface area contributed by atoms with E-state index >= 15 is 0 Å². The van der Waals surface area contributed by atoms with Crippen LogP contribution in [0.3, 0.4) is 0 Å². The molecule has 0 radical (unpaired) electrons. The number of fused-ring (bicyclic) bond motifs is 1. The first-order valence-corrected chi connectivity index (χ1v) is 11.3. The van der Waals surface area contributed by atoms with Crippen molar-refractivity contribution in [3.05, 3.63) is 99.6 Å². The van der Waals surface area contributed by atoms with Crippen LogP contribution in [-0.4, -0.2) is 40.8 Å². The molecule has 168 valence electrons. The molecule has 4 aromatic rings. The fourth-order valence-corrected chi connectivity index (χ4v) is 4.28. The molecular weight excluding hydrogens is 455 g/mol. The Morgan fingerprint density at radius 3 is 2.45 bits per heavy atom. The number of rotatable bonds is 8. The van der Waals surface area contributed by atoms with E-state index in [1.165, 1.54) is 5.56 Å². The highest BCUT2D eigenvalue weighted by Crippen LogP contribution is 2.32. The zero-order valence-electron chi connectivity index (χ0n) is 18.5. The van der Waals surface area contributed by atoms with Crippen molar-refractivity contribution in [3.63, 3.8) is 0 Å². The Labute approximate surface area is 203 Å². The zero-order chi connectivity index (χ0) is 23.2. The Morgan fingerprint density at radius 1 is 0.970 bits per heavy atom. The van der Waals surface area contributed by atoms with E-state index in [2.05, 4.69) is 63.5 Å². The van der Waals surface area contributed by atoms with Crippen LogP contribution >= 0.6 is 23.2 Å². The molecule has 0 atom stereocenters. The maximum atomic E-state index is 6.33. The highest BCUT2D eigenvalue weighted by Gasteiger charge is 2.14. The summed E-state index contributed by atoms with van der Waals surface area (Å²) in [6, 6.07) is 14.4. The number of nitrogens with zero attached hydrogens (tertiary/aromatic N) is 4. The number of halogens is 2. The molecule has 33 heavy (non-hydrogen) atoms. The Hall–Kier alpha value is -2.99. The van der Waals surface area contributed by atoms with Crippen molar-refractivity contribution in [2.75, 3.05) is 20.7 Å². The number of aromatic nitrogens is 3. The lowest BCUT2D eigenvalue weighted by molar-refractivity contribution is 0.364. The number of hydrogen-bond acceptors (Lipinski definition) is 5. The third-order valence-corrected chi connectivity index (χ3v) is 6.09. The van der Waals surface area contributed by atoms with Crippen molar-refractivity contribution in [3.8, 4) is 5.75 Å². The molecule has 7 heteroatoms. The van der Waals surface area contributed by atoms with Crippen LogP contribution in [0.5, 0.6) is 5.75 Å². The second-order valence-corrected chi connectivity index (χ2v) is 8.59. The maximum Gasteiger partial charge on any atom is 0.126 e.